The van der Waals surface area contributed by atoms with Gasteiger partial charge in [0.15, 0.2) is 0 Å². The summed E-state index contributed by atoms with van der Waals surface area (Å²) in [6, 6.07) is 5.76. The first-order chi connectivity index (χ1) is 8.25. The molecule has 0 heterocycles. The summed E-state index contributed by atoms with van der Waals surface area (Å²) in [5.74, 6) is -6.66. The molecular formula is C11H10BrF4NO. The van der Waals surface area contributed by atoms with Gasteiger partial charge in [-0.1, -0.05) is 28.1 Å². The van der Waals surface area contributed by atoms with E-state index in [9.17, 15) is 22.4 Å². The van der Waals surface area contributed by atoms with Crippen LogP contribution in [-0.2, 0) is 4.79 Å². The lowest BCUT2D eigenvalue weighted by Gasteiger charge is -2.19. The normalized spacial score (nSPS) is 13.5. The predicted octanol–water partition coefficient (Wildman–Crippen LogP) is 3.53. The largest absolute Gasteiger partial charge is 0.383 e. The number of carbonyl (C=O) groups excluding carboxylic acids is 1. The molecule has 1 amide bonds. The summed E-state index contributed by atoms with van der Waals surface area (Å²) in [4.78, 5) is 11.0. The second-order valence-electron chi connectivity index (χ2n) is 3.67. The summed E-state index contributed by atoms with van der Waals surface area (Å²) >= 11 is 3.18. The summed E-state index contributed by atoms with van der Waals surface area (Å²) in [5, 5.41) is 1.86. The Bertz CT molecular complexity index is 439. The third kappa shape index (κ3) is 3.44. The van der Waals surface area contributed by atoms with Gasteiger partial charge in [-0.15, -0.1) is 0 Å². The number of halogens is 5. The molecule has 0 saturated heterocycles. The average molecular weight is 328 g/mol. The van der Waals surface area contributed by atoms with Crippen molar-refractivity contribution in [2.45, 2.75) is 25.3 Å². The van der Waals surface area contributed by atoms with Crippen molar-refractivity contribution in [1.82, 2.24) is 5.32 Å². The first kappa shape index (κ1) is 14.9. The summed E-state index contributed by atoms with van der Waals surface area (Å²) in [5.41, 5.74) is 0.530. The Morgan fingerprint density at radius 1 is 1.39 bits per heavy atom. The van der Waals surface area contributed by atoms with Gasteiger partial charge < -0.3 is 5.32 Å². The molecule has 0 fully saturated rings. The number of hydrogen-bond acceptors (Lipinski definition) is 1. The van der Waals surface area contributed by atoms with Crippen LogP contribution in [0.25, 0.3) is 0 Å². The molecule has 100 valence electrons. The topological polar surface area (TPSA) is 29.1 Å². The molecular weight excluding hydrogens is 318 g/mol. The van der Waals surface area contributed by atoms with E-state index in [1.807, 2.05) is 5.32 Å². The van der Waals surface area contributed by atoms with Crippen LogP contribution in [0, 0.1) is 0 Å². The smallest absolute Gasteiger partial charge is 0.344 e. The number of carbonyl (C=O) groups is 1. The van der Waals surface area contributed by atoms with Crippen molar-refractivity contribution >= 4 is 21.8 Å². The van der Waals surface area contributed by atoms with E-state index < -0.39 is 24.3 Å². The number of hydrogen-bond donors (Lipinski definition) is 1. The fourth-order valence-electron chi connectivity index (χ4n) is 1.25. The zero-order valence-corrected chi connectivity index (χ0v) is 10.8. The lowest BCUT2D eigenvalue weighted by molar-refractivity contribution is -0.170. The highest BCUT2D eigenvalue weighted by Gasteiger charge is 2.49. The van der Waals surface area contributed by atoms with Crippen LogP contribution in [0.1, 0.15) is 18.5 Å². The Balaban J connectivity index is 2.77. The molecule has 0 aliphatic rings. The molecule has 1 aromatic carbocycles. The Labute approximate surface area is 109 Å². The van der Waals surface area contributed by atoms with E-state index >= 15 is 0 Å². The second-order valence-corrected chi connectivity index (χ2v) is 4.59. The first-order valence-electron chi connectivity index (χ1n) is 4.97. The lowest BCUT2D eigenvalue weighted by Crippen LogP contribution is -2.45. The molecule has 0 unspecified atom stereocenters. The zero-order valence-electron chi connectivity index (χ0n) is 9.26. The fourth-order valence-corrected chi connectivity index (χ4v) is 1.67. The Hall–Kier alpha value is -1.11. The monoisotopic (exact) mass is 327 g/mol. The summed E-state index contributed by atoms with van der Waals surface area (Å²) in [7, 11) is 0. The molecule has 0 aliphatic carbocycles. The molecule has 0 aliphatic heterocycles. The van der Waals surface area contributed by atoms with E-state index in [1.165, 1.54) is 6.92 Å². The third-order valence-electron chi connectivity index (χ3n) is 2.27. The number of nitrogens with one attached hydrogen (secondary N) is 1. The molecule has 0 aromatic heterocycles. The Morgan fingerprint density at radius 2 is 2.00 bits per heavy atom. The van der Waals surface area contributed by atoms with E-state index in [0.29, 0.717) is 10.0 Å². The number of amides is 1. The van der Waals surface area contributed by atoms with Gasteiger partial charge in [0, 0.05) is 4.47 Å². The van der Waals surface area contributed by atoms with Crippen molar-refractivity contribution in [3.8, 4) is 0 Å². The van der Waals surface area contributed by atoms with Gasteiger partial charge in [-0.25, -0.2) is 8.78 Å². The van der Waals surface area contributed by atoms with Gasteiger partial charge in [0.1, 0.15) is 0 Å². The fraction of sp³-hybridized carbons (Fsp3) is 0.364. The quantitative estimate of drug-likeness (QED) is 0.842. The molecule has 0 saturated carbocycles. The van der Waals surface area contributed by atoms with E-state index in [1.54, 1.807) is 24.3 Å². The van der Waals surface area contributed by atoms with Crippen LogP contribution in [-0.4, -0.2) is 18.3 Å². The molecule has 18 heavy (non-hydrogen) atoms. The first-order valence-corrected chi connectivity index (χ1v) is 5.77. The molecule has 1 atom stereocenters. The molecule has 7 heteroatoms. The van der Waals surface area contributed by atoms with Crippen LogP contribution in [0.15, 0.2) is 28.7 Å². The lowest BCUT2D eigenvalue weighted by atomic mass is 10.1. The molecule has 0 radical (unpaired) electrons. The van der Waals surface area contributed by atoms with Crippen LogP contribution >= 0.6 is 15.9 Å². The van der Waals surface area contributed by atoms with E-state index in [0.717, 1.165) is 0 Å². The summed E-state index contributed by atoms with van der Waals surface area (Å²) in [6.07, 6.45) is -4.02. The number of alkyl halides is 4. The van der Waals surface area contributed by atoms with Gasteiger partial charge in [-0.3, -0.25) is 4.79 Å². The van der Waals surface area contributed by atoms with Gasteiger partial charge in [-0.05, 0) is 24.6 Å². The maximum atomic E-state index is 12.7. The Kier molecular flexibility index (Phi) is 4.72. The summed E-state index contributed by atoms with van der Waals surface area (Å²) < 4.78 is 50.1. The second kappa shape index (κ2) is 5.69. The predicted molar refractivity (Wildman–Crippen MR) is 61.7 cm³/mol. The minimum absolute atomic E-state index is 0.530. The minimum atomic E-state index is -4.68. The minimum Gasteiger partial charge on any atom is -0.344 e. The highest BCUT2D eigenvalue weighted by Crippen LogP contribution is 2.25. The van der Waals surface area contributed by atoms with Crippen LogP contribution in [0.2, 0.25) is 0 Å². The highest BCUT2D eigenvalue weighted by molar-refractivity contribution is 9.10. The van der Waals surface area contributed by atoms with E-state index in [2.05, 4.69) is 15.9 Å². The zero-order chi connectivity index (χ0) is 13.9. The van der Waals surface area contributed by atoms with E-state index in [4.69, 9.17) is 0 Å². The van der Waals surface area contributed by atoms with E-state index in [-0.39, 0.29) is 0 Å². The number of benzene rings is 1. The van der Waals surface area contributed by atoms with Crippen molar-refractivity contribution in [2.75, 3.05) is 0 Å². The Morgan fingerprint density at radius 3 is 2.50 bits per heavy atom. The molecule has 0 bridgehead atoms. The maximum absolute atomic E-state index is 12.7. The van der Waals surface area contributed by atoms with Gasteiger partial charge in [0.2, 0.25) is 0 Å². The van der Waals surface area contributed by atoms with Crippen molar-refractivity contribution < 1.29 is 22.4 Å². The van der Waals surface area contributed by atoms with Crippen LogP contribution in [0.3, 0.4) is 0 Å². The van der Waals surface area contributed by atoms with Gasteiger partial charge in [0.25, 0.3) is 5.91 Å². The molecule has 1 rings (SSSR count). The van der Waals surface area contributed by atoms with Crippen LogP contribution < -0.4 is 5.32 Å². The van der Waals surface area contributed by atoms with Crippen molar-refractivity contribution in [3.05, 3.63) is 34.3 Å². The van der Waals surface area contributed by atoms with Crippen molar-refractivity contribution in [1.29, 1.82) is 0 Å². The summed E-state index contributed by atoms with van der Waals surface area (Å²) in [6.45, 7) is 1.43. The van der Waals surface area contributed by atoms with Crippen LogP contribution in [0.5, 0.6) is 0 Å². The molecule has 0 spiro atoms. The molecule has 1 N–H and O–H groups in total. The molecule has 2 nitrogen and oxygen atoms in total. The average Bonchev–Trinajstić information content (AvgIpc) is 2.28. The standard InChI is InChI=1S/C11H10BrF4NO/c1-6(7-3-2-4-8(12)5-7)17-10(18)11(15,16)9(13)14/h2-6,9H,1H3,(H,17,18)/t6-/m1/s1. The third-order valence-corrected chi connectivity index (χ3v) is 2.77. The maximum Gasteiger partial charge on any atom is 0.383 e. The number of rotatable bonds is 4. The SMILES string of the molecule is C[C@@H](NC(=O)C(F)(F)C(F)F)c1cccc(Br)c1. The molecule has 1 aromatic rings. The highest BCUT2D eigenvalue weighted by atomic mass is 79.9. The van der Waals surface area contributed by atoms with Gasteiger partial charge >= 0.3 is 12.3 Å². The van der Waals surface area contributed by atoms with Crippen molar-refractivity contribution in [2.24, 2.45) is 0 Å². The van der Waals surface area contributed by atoms with Gasteiger partial charge in [-0.2, -0.15) is 8.78 Å². The van der Waals surface area contributed by atoms with Crippen LogP contribution in [0.4, 0.5) is 17.6 Å². The van der Waals surface area contributed by atoms with Gasteiger partial charge in [0.05, 0.1) is 6.04 Å². The van der Waals surface area contributed by atoms with Crippen molar-refractivity contribution in [3.63, 3.8) is 0 Å².